The van der Waals surface area contributed by atoms with Crippen molar-refractivity contribution in [2.24, 2.45) is 5.73 Å². The molecule has 0 spiro atoms. The van der Waals surface area contributed by atoms with Crippen molar-refractivity contribution >= 4 is 22.0 Å². The number of nitrogens with one attached hydrogen (secondary N) is 2. The minimum atomic E-state index is -4.13. The molecule has 0 bridgehead atoms. The van der Waals surface area contributed by atoms with Gasteiger partial charge in [0.1, 0.15) is 11.5 Å². The van der Waals surface area contributed by atoms with Gasteiger partial charge in [-0.3, -0.25) is 9.69 Å². The number of carbonyl (C=O) groups excluding carboxylic acids is 2. The third-order valence-electron chi connectivity index (χ3n) is 6.44. The molecule has 34 heavy (non-hydrogen) atoms. The first-order valence-corrected chi connectivity index (χ1v) is 12.9. The smallest absolute Gasteiger partial charge is 0.319 e. The molecule has 2 aliphatic rings. The van der Waals surface area contributed by atoms with Crippen LogP contribution in [0.3, 0.4) is 0 Å². The number of nitrogens with zero attached hydrogens (tertiary/aromatic N) is 1. The van der Waals surface area contributed by atoms with E-state index in [1.807, 2.05) is 55.5 Å². The van der Waals surface area contributed by atoms with E-state index in [9.17, 15) is 18.0 Å². The first kappa shape index (κ1) is 24.0. The highest BCUT2D eigenvalue weighted by atomic mass is 32.2. The Labute approximate surface area is 199 Å². The van der Waals surface area contributed by atoms with Crippen molar-refractivity contribution in [3.05, 3.63) is 65.2 Å². The Balaban J connectivity index is 1.69. The molecule has 2 aromatic carbocycles. The van der Waals surface area contributed by atoms with Crippen molar-refractivity contribution in [3.8, 4) is 5.75 Å². The van der Waals surface area contributed by atoms with Gasteiger partial charge in [0, 0.05) is 6.54 Å². The molecule has 0 aromatic heterocycles. The van der Waals surface area contributed by atoms with Gasteiger partial charge in [-0.2, -0.15) is 4.72 Å². The Bertz CT molecular complexity index is 1160. The van der Waals surface area contributed by atoms with Gasteiger partial charge in [-0.1, -0.05) is 43.3 Å². The van der Waals surface area contributed by atoms with Gasteiger partial charge in [-0.15, -0.1) is 0 Å². The molecule has 1 saturated heterocycles. The average molecular weight is 487 g/mol. The molecule has 1 saturated carbocycles. The highest BCUT2D eigenvalue weighted by Gasteiger charge is 2.50. The Hall–Kier alpha value is -3.11. The number of urea groups is 1. The lowest BCUT2D eigenvalue weighted by Gasteiger charge is -2.39. The number of carbonyl (C=O) groups is 2. The van der Waals surface area contributed by atoms with Crippen LogP contribution in [0.4, 0.5) is 4.79 Å². The van der Waals surface area contributed by atoms with Crippen molar-refractivity contribution < 1.29 is 22.7 Å². The normalized spacial score (nSPS) is 21.2. The van der Waals surface area contributed by atoms with Gasteiger partial charge in [-0.25, -0.2) is 13.2 Å². The molecule has 3 amide bonds. The molecule has 1 aliphatic carbocycles. The number of amides is 3. The van der Waals surface area contributed by atoms with Gasteiger partial charge in [0.05, 0.1) is 13.7 Å². The van der Waals surface area contributed by atoms with Crippen LogP contribution in [-0.2, 0) is 20.5 Å². The SMILES string of the molecule is COc1ccc(C(C)CN2C(=O)NCC2(NS(=O)(=O)CC(N)=O)c2ccc(C3CC3)cc2)cc1. The van der Waals surface area contributed by atoms with Crippen LogP contribution in [0, 0.1) is 0 Å². The van der Waals surface area contributed by atoms with Crippen LogP contribution in [-0.4, -0.2) is 51.2 Å². The summed E-state index contributed by atoms with van der Waals surface area (Å²) < 4.78 is 33.5. The van der Waals surface area contributed by atoms with E-state index in [1.54, 1.807) is 7.11 Å². The predicted octanol–water partition coefficient (Wildman–Crippen LogP) is 1.96. The van der Waals surface area contributed by atoms with E-state index >= 15 is 0 Å². The van der Waals surface area contributed by atoms with E-state index in [-0.39, 0.29) is 19.0 Å². The van der Waals surface area contributed by atoms with Crippen molar-refractivity contribution in [1.82, 2.24) is 14.9 Å². The molecule has 2 unspecified atom stereocenters. The maximum atomic E-state index is 13.0. The quantitative estimate of drug-likeness (QED) is 0.473. The van der Waals surface area contributed by atoms with E-state index in [0.717, 1.165) is 24.2 Å². The minimum absolute atomic E-state index is 0.0158. The Kier molecular flexibility index (Phi) is 6.55. The zero-order valence-electron chi connectivity index (χ0n) is 19.3. The zero-order chi connectivity index (χ0) is 24.5. The van der Waals surface area contributed by atoms with Crippen LogP contribution >= 0.6 is 0 Å². The second-order valence-corrected chi connectivity index (χ2v) is 10.7. The van der Waals surface area contributed by atoms with Crippen LogP contribution in [0.15, 0.2) is 48.5 Å². The van der Waals surface area contributed by atoms with Gasteiger partial charge in [0.15, 0.2) is 5.66 Å². The summed E-state index contributed by atoms with van der Waals surface area (Å²) in [4.78, 5) is 25.9. The summed E-state index contributed by atoms with van der Waals surface area (Å²) in [6.07, 6.45) is 2.28. The van der Waals surface area contributed by atoms with Crippen LogP contribution in [0.2, 0.25) is 0 Å². The number of benzene rings is 2. The average Bonchev–Trinajstić information content (AvgIpc) is 3.60. The molecule has 0 radical (unpaired) electrons. The summed E-state index contributed by atoms with van der Waals surface area (Å²) in [7, 11) is -2.53. The number of hydrogen-bond donors (Lipinski definition) is 3. The fourth-order valence-electron chi connectivity index (χ4n) is 4.45. The van der Waals surface area contributed by atoms with Gasteiger partial charge in [-0.05, 0) is 53.5 Å². The van der Waals surface area contributed by atoms with Crippen molar-refractivity contribution in [3.63, 3.8) is 0 Å². The lowest BCUT2D eigenvalue weighted by Crippen LogP contribution is -2.58. The van der Waals surface area contributed by atoms with Crippen LogP contribution in [0.1, 0.15) is 48.3 Å². The molecular weight excluding hydrogens is 456 g/mol. The van der Waals surface area contributed by atoms with Crippen LogP contribution < -0.4 is 20.5 Å². The maximum absolute atomic E-state index is 13.0. The minimum Gasteiger partial charge on any atom is -0.497 e. The summed E-state index contributed by atoms with van der Waals surface area (Å²) >= 11 is 0. The number of nitrogens with two attached hydrogens (primary N) is 1. The standard InChI is InChI=1S/C24H30N4O5S/c1-16(17-7-11-21(33-2)12-8-17)13-28-23(30)26-15-24(28,27-34(31,32)14-22(25)29)20-9-5-19(6-10-20)18-3-4-18/h5-12,16,18,27H,3-4,13-15H2,1-2H3,(H2,25,29)(H,26,30). The lowest BCUT2D eigenvalue weighted by atomic mass is 9.94. The zero-order valence-corrected chi connectivity index (χ0v) is 20.1. The van der Waals surface area contributed by atoms with Crippen LogP contribution in [0.25, 0.3) is 0 Å². The van der Waals surface area contributed by atoms with Crippen molar-refractivity contribution in [2.45, 2.75) is 37.3 Å². The number of methoxy groups -OCH3 is 1. The molecule has 10 heteroatoms. The summed E-state index contributed by atoms with van der Waals surface area (Å²) in [5.74, 6) is -0.696. The topological polar surface area (TPSA) is 131 Å². The summed E-state index contributed by atoms with van der Waals surface area (Å²) in [5, 5.41) is 2.78. The number of hydrogen-bond acceptors (Lipinski definition) is 5. The first-order valence-electron chi connectivity index (χ1n) is 11.2. The van der Waals surface area contributed by atoms with Crippen LogP contribution in [0.5, 0.6) is 5.75 Å². The van der Waals surface area contributed by atoms with E-state index in [2.05, 4.69) is 10.0 Å². The number of ether oxygens (including phenoxy) is 1. The summed E-state index contributed by atoms with van der Waals surface area (Å²) in [6, 6.07) is 14.8. The van der Waals surface area contributed by atoms with E-state index < -0.39 is 33.4 Å². The van der Waals surface area contributed by atoms with E-state index in [1.165, 1.54) is 10.5 Å². The van der Waals surface area contributed by atoms with Crippen molar-refractivity contribution in [1.29, 1.82) is 0 Å². The second kappa shape index (κ2) is 9.27. The van der Waals surface area contributed by atoms with Gasteiger partial charge in [0.25, 0.3) is 0 Å². The molecule has 4 N–H and O–H groups in total. The fourth-order valence-corrected chi connectivity index (χ4v) is 5.72. The molecule has 2 fully saturated rings. The summed E-state index contributed by atoms with van der Waals surface area (Å²) in [6.45, 7) is 2.22. The predicted molar refractivity (Wildman–Crippen MR) is 128 cm³/mol. The first-order chi connectivity index (χ1) is 16.1. The highest BCUT2D eigenvalue weighted by molar-refractivity contribution is 7.90. The van der Waals surface area contributed by atoms with Gasteiger partial charge < -0.3 is 15.8 Å². The van der Waals surface area contributed by atoms with E-state index in [0.29, 0.717) is 11.5 Å². The molecule has 1 heterocycles. The fraction of sp³-hybridized carbons (Fsp3) is 0.417. The molecular formula is C24H30N4O5S. The third kappa shape index (κ3) is 5.02. The maximum Gasteiger partial charge on any atom is 0.319 e. The Morgan fingerprint density at radius 3 is 2.41 bits per heavy atom. The Morgan fingerprint density at radius 2 is 1.85 bits per heavy atom. The Morgan fingerprint density at radius 1 is 1.21 bits per heavy atom. The van der Waals surface area contributed by atoms with Gasteiger partial charge >= 0.3 is 6.03 Å². The second-order valence-electron chi connectivity index (χ2n) is 9.03. The molecule has 9 nitrogen and oxygen atoms in total. The van der Waals surface area contributed by atoms with Gasteiger partial charge in [0.2, 0.25) is 15.9 Å². The number of primary amides is 1. The lowest BCUT2D eigenvalue weighted by molar-refractivity contribution is -0.115. The largest absolute Gasteiger partial charge is 0.497 e. The molecule has 182 valence electrons. The van der Waals surface area contributed by atoms with E-state index in [4.69, 9.17) is 10.5 Å². The molecule has 2 aromatic rings. The molecule has 2 atom stereocenters. The summed E-state index contributed by atoms with van der Waals surface area (Å²) in [5.41, 5.74) is 6.55. The monoisotopic (exact) mass is 486 g/mol. The number of rotatable bonds is 10. The molecule has 4 rings (SSSR count). The number of sulfonamides is 1. The third-order valence-corrected chi connectivity index (χ3v) is 7.75. The highest BCUT2D eigenvalue weighted by Crippen LogP contribution is 2.41. The molecule has 1 aliphatic heterocycles. The van der Waals surface area contributed by atoms with Crippen molar-refractivity contribution in [2.75, 3.05) is 26.0 Å².